The van der Waals surface area contributed by atoms with Gasteiger partial charge in [-0.05, 0) is 34.9 Å². The Morgan fingerprint density at radius 1 is 0.857 bits per heavy atom. The predicted molar refractivity (Wildman–Crippen MR) is 110 cm³/mol. The molecule has 138 valence electrons. The Morgan fingerprint density at radius 3 is 2.25 bits per heavy atom. The van der Waals surface area contributed by atoms with Gasteiger partial charge in [0.1, 0.15) is 0 Å². The minimum atomic E-state index is -0.819. The van der Waals surface area contributed by atoms with Crippen molar-refractivity contribution in [3.63, 3.8) is 0 Å². The zero-order valence-corrected chi connectivity index (χ0v) is 15.2. The molecule has 1 aliphatic heterocycles. The van der Waals surface area contributed by atoms with Gasteiger partial charge in [-0.15, -0.1) is 0 Å². The van der Waals surface area contributed by atoms with Crippen LogP contribution in [-0.2, 0) is 16.0 Å². The van der Waals surface area contributed by atoms with Gasteiger partial charge in [-0.25, -0.2) is 4.79 Å². The van der Waals surface area contributed by atoms with Gasteiger partial charge in [0.25, 0.3) is 5.91 Å². The number of anilines is 1. The van der Waals surface area contributed by atoms with Crippen LogP contribution in [-0.4, -0.2) is 18.0 Å². The lowest BCUT2D eigenvalue weighted by Gasteiger charge is -2.23. The molecule has 3 aromatic rings. The van der Waals surface area contributed by atoms with Crippen molar-refractivity contribution in [1.82, 2.24) is 0 Å². The van der Waals surface area contributed by atoms with Crippen LogP contribution in [0.15, 0.2) is 78.9 Å². The van der Waals surface area contributed by atoms with Crippen LogP contribution in [0.4, 0.5) is 5.69 Å². The fraction of sp³-hybridized carbons (Fsp3) is 0.0833. The maximum atomic E-state index is 12.5. The van der Waals surface area contributed by atoms with Crippen LogP contribution in [0.5, 0.6) is 0 Å². The molecule has 1 N–H and O–H groups in total. The molecule has 0 radical (unpaired) electrons. The van der Waals surface area contributed by atoms with Gasteiger partial charge >= 0.3 is 5.97 Å². The summed E-state index contributed by atoms with van der Waals surface area (Å²) >= 11 is 0. The zero-order chi connectivity index (χ0) is 19.3. The summed E-state index contributed by atoms with van der Waals surface area (Å²) in [6.07, 6.45) is 3.61. The van der Waals surface area contributed by atoms with Crippen molar-refractivity contribution in [2.24, 2.45) is 0 Å². The highest BCUT2D eigenvalue weighted by Crippen LogP contribution is 2.22. The van der Waals surface area contributed by atoms with E-state index in [4.69, 9.17) is 4.74 Å². The van der Waals surface area contributed by atoms with Crippen LogP contribution in [0.1, 0.15) is 27.0 Å². The van der Waals surface area contributed by atoms with Crippen LogP contribution in [0.25, 0.3) is 12.2 Å². The van der Waals surface area contributed by atoms with Crippen molar-refractivity contribution >= 4 is 29.7 Å². The molecule has 4 rings (SSSR count). The number of ether oxygens (including phenoxy) is 1. The molecule has 0 saturated heterocycles. The van der Waals surface area contributed by atoms with E-state index in [0.717, 1.165) is 16.7 Å². The molecule has 0 fully saturated rings. The van der Waals surface area contributed by atoms with E-state index in [9.17, 15) is 9.59 Å². The van der Waals surface area contributed by atoms with Crippen molar-refractivity contribution in [3.05, 3.63) is 101 Å². The lowest BCUT2D eigenvalue weighted by molar-refractivity contribution is -0.125. The van der Waals surface area contributed by atoms with E-state index >= 15 is 0 Å². The van der Waals surface area contributed by atoms with Gasteiger partial charge in [0, 0.05) is 12.1 Å². The average molecular weight is 369 g/mol. The Labute approximate surface area is 163 Å². The average Bonchev–Trinajstić information content (AvgIpc) is 2.74. The summed E-state index contributed by atoms with van der Waals surface area (Å²) in [5, 5.41) is 2.82. The number of rotatable bonds is 4. The maximum Gasteiger partial charge on any atom is 0.339 e. The number of hydrogen-bond donors (Lipinski definition) is 1. The van der Waals surface area contributed by atoms with Gasteiger partial charge in [-0.1, -0.05) is 72.8 Å². The number of benzene rings is 3. The first kappa shape index (κ1) is 17.7. The van der Waals surface area contributed by atoms with E-state index in [1.54, 1.807) is 12.1 Å². The Morgan fingerprint density at radius 2 is 1.50 bits per heavy atom. The minimum absolute atomic E-state index is 0.324. The highest BCUT2D eigenvalue weighted by Gasteiger charge is 2.30. The Kier molecular flexibility index (Phi) is 5.02. The number of nitrogens with one attached hydrogen (secondary N) is 1. The van der Waals surface area contributed by atoms with Crippen LogP contribution < -0.4 is 5.32 Å². The minimum Gasteiger partial charge on any atom is -0.448 e. The largest absolute Gasteiger partial charge is 0.448 e. The summed E-state index contributed by atoms with van der Waals surface area (Å²) in [5.74, 6) is -0.779. The topological polar surface area (TPSA) is 55.4 Å². The first-order valence-corrected chi connectivity index (χ1v) is 9.12. The molecule has 1 amide bonds. The van der Waals surface area contributed by atoms with Gasteiger partial charge in [0.15, 0.2) is 6.10 Å². The number of esters is 1. The summed E-state index contributed by atoms with van der Waals surface area (Å²) in [5.41, 5.74) is 4.18. The first-order valence-electron chi connectivity index (χ1n) is 9.12. The standard InChI is InChI=1S/C24H19NO3/c26-23(22-16-19-8-4-5-9-21(19)24(27)28-22)25-20-14-12-18(13-15-20)11-10-17-6-2-1-3-7-17/h1-15,22H,16H2,(H,25,26)/b11-10+/t22-/m1/s1. The van der Waals surface area contributed by atoms with E-state index in [1.807, 2.05) is 78.9 Å². The third kappa shape index (κ3) is 4.01. The van der Waals surface area contributed by atoms with E-state index in [0.29, 0.717) is 17.7 Å². The van der Waals surface area contributed by atoms with E-state index < -0.39 is 12.1 Å². The lowest BCUT2D eigenvalue weighted by Crippen LogP contribution is -2.37. The Hall–Kier alpha value is -3.66. The number of hydrogen-bond acceptors (Lipinski definition) is 3. The van der Waals surface area contributed by atoms with Crippen molar-refractivity contribution < 1.29 is 14.3 Å². The molecule has 3 aromatic carbocycles. The number of fused-ring (bicyclic) bond motifs is 1. The van der Waals surface area contributed by atoms with Crippen LogP contribution in [0, 0.1) is 0 Å². The smallest absolute Gasteiger partial charge is 0.339 e. The molecule has 4 heteroatoms. The van der Waals surface area contributed by atoms with E-state index in [2.05, 4.69) is 5.32 Å². The van der Waals surface area contributed by atoms with Crippen molar-refractivity contribution in [3.8, 4) is 0 Å². The van der Waals surface area contributed by atoms with E-state index in [1.165, 1.54) is 0 Å². The first-order chi connectivity index (χ1) is 13.7. The third-order valence-corrected chi connectivity index (χ3v) is 4.63. The van der Waals surface area contributed by atoms with Gasteiger partial charge in [-0.3, -0.25) is 4.79 Å². The van der Waals surface area contributed by atoms with Gasteiger partial charge in [0.05, 0.1) is 5.56 Å². The number of amides is 1. The summed E-state index contributed by atoms with van der Waals surface area (Å²) in [7, 11) is 0. The molecule has 1 atom stereocenters. The molecule has 0 saturated carbocycles. The van der Waals surface area contributed by atoms with Gasteiger partial charge in [-0.2, -0.15) is 0 Å². The van der Waals surface area contributed by atoms with Gasteiger partial charge in [0.2, 0.25) is 0 Å². The highest BCUT2D eigenvalue weighted by atomic mass is 16.5. The van der Waals surface area contributed by atoms with E-state index in [-0.39, 0.29) is 5.91 Å². The molecule has 1 aliphatic rings. The number of cyclic esters (lactones) is 1. The summed E-state index contributed by atoms with van der Waals surface area (Å²) in [6.45, 7) is 0. The second-order valence-electron chi connectivity index (χ2n) is 6.61. The molecule has 0 spiro atoms. The predicted octanol–water partition coefficient (Wildman–Crippen LogP) is 4.58. The molecule has 0 aliphatic carbocycles. The summed E-state index contributed by atoms with van der Waals surface area (Å²) in [4.78, 5) is 24.6. The quantitative estimate of drug-likeness (QED) is 0.541. The molecule has 28 heavy (non-hydrogen) atoms. The molecule has 1 heterocycles. The monoisotopic (exact) mass is 369 g/mol. The second kappa shape index (κ2) is 7.92. The van der Waals surface area contributed by atoms with Crippen LogP contribution in [0.2, 0.25) is 0 Å². The lowest BCUT2D eigenvalue weighted by atomic mass is 9.98. The summed E-state index contributed by atoms with van der Waals surface area (Å²) < 4.78 is 5.30. The fourth-order valence-corrected chi connectivity index (χ4v) is 3.13. The molecule has 0 aromatic heterocycles. The second-order valence-corrected chi connectivity index (χ2v) is 6.61. The normalized spacial score (nSPS) is 15.7. The molecule has 0 unspecified atom stereocenters. The third-order valence-electron chi connectivity index (χ3n) is 4.63. The maximum absolute atomic E-state index is 12.5. The van der Waals surface area contributed by atoms with Crippen LogP contribution in [0.3, 0.4) is 0 Å². The fourth-order valence-electron chi connectivity index (χ4n) is 3.13. The Bertz CT molecular complexity index is 1020. The Balaban J connectivity index is 1.40. The van der Waals surface area contributed by atoms with Crippen molar-refractivity contribution in [2.45, 2.75) is 12.5 Å². The number of carbonyl (C=O) groups excluding carboxylic acids is 2. The van der Waals surface area contributed by atoms with Crippen molar-refractivity contribution in [2.75, 3.05) is 5.32 Å². The highest BCUT2D eigenvalue weighted by molar-refractivity contribution is 6.00. The van der Waals surface area contributed by atoms with Crippen molar-refractivity contribution in [1.29, 1.82) is 0 Å². The SMILES string of the molecule is O=C1O[C@@H](C(=O)Nc2ccc(/C=C/c3ccccc3)cc2)Cc2ccccc21. The van der Waals surface area contributed by atoms with Gasteiger partial charge < -0.3 is 10.1 Å². The number of carbonyl (C=O) groups is 2. The molecule has 4 nitrogen and oxygen atoms in total. The molecular weight excluding hydrogens is 350 g/mol. The zero-order valence-electron chi connectivity index (χ0n) is 15.2. The summed E-state index contributed by atoms with van der Waals surface area (Å²) in [6, 6.07) is 24.8. The molecule has 0 bridgehead atoms. The van der Waals surface area contributed by atoms with Crippen LogP contribution >= 0.6 is 0 Å². The molecular formula is C24H19NO3.